The second kappa shape index (κ2) is 8.35. The molecule has 7 heteroatoms. The van der Waals surface area contributed by atoms with Gasteiger partial charge in [0.1, 0.15) is 10.7 Å². The van der Waals surface area contributed by atoms with Crippen LogP contribution in [0.15, 0.2) is 29.1 Å². The SMILES string of the molecule is Cc1ccc(N2CCN(C(=O)c3sc4nc5n(c(=O)c4c3C)CCCCC5)C[C@H]2C)cc1. The summed E-state index contributed by atoms with van der Waals surface area (Å²) >= 11 is 1.39. The molecule has 0 spiro atoms. The number of benzene rings is 1. The molecule has 1 aromatic carbocycles. The van der Waals surface area contributed by atoms with Gasteiger partial charge in [0.2, 0.25) is 0 Å². The number of aromatic nitrogens is 2. The van der Waals surface area contributed by atoms with Crippen molar-refractivity contribution < 1.29 is 4.79 Å². The summed E-state index contributed by atoms with van der Waals surface area (Å²) in [7, 11) is 0. The van der Waals surface area contributed by atoms with E-state index in [2.05, 4.69) is 43.0 Å². The number of carbonyl (C=O) groups excluding carboxylic acids is 1. The van der Waals surface area contributed by atoms with Crippen molar-refractivity contribution in [2.75, 3.05) is 24.5 Å². The van der Waals surface area contributed by atoms with Crippen molar-refractivity contribution in [2.24, 2.45) is 0 Å². The molecule has 168 valence electrons. The molecule has 0 aliphatic carbocycles. The van der Waals surface area contributed by atoms with Crippen LogP contribution in [0.25, 0.3) is 10.2 Å². The highest BCUT2D eigenvalue weighted by Crippen LogP contribution is 2.30. The fourth-order valence-electron chi connectivity index (χ4n) is 5.02. The molecule has 4 heterocycles. The molecule has 0 radical (unpaired) electrons. The van der Waals surface area contributed by atoms with Crippen LogP contribution < -0.4 is 10.5 Å². The number of carbonyl (C=O) groups is 1. The molecule has 2 aromatic heterocycles. The van der Waals surface area contributed by atoms with Crippen molar-refractivity contribution in [3.8, 4) is 0 Å². The second-order valence-corrected chi connectivity index (χ2v) is 10.2. The minimum Gasteiger partial charge on any atom is -0.365 e. The number of fused-ring (bicyclic) bond motifs is 2. The van der Waals surface area contributed by atoms with Crippen LogP contribution in [-0.2, 0) is 13.0 Å². The Morgan fingerprint density at radius 1 is 1.06 bits per heavy atom. The van der Waals surface area contributed by atoms with Crippen molar-refractivity contribution in [3.63, 3.8) is 0 Å². The number of amides is 1. The smallest absolute Gasteiger partial charge is 0.264 e. The molecule has 1 saturated heterocycles. The van der Waals surface area contributed by atoms with E-state index in [0.29, 0.717) is 23.4 Å². The largest absolute Gasteiger partial charge is 0.365 e. The Balaban J connectivity index is 1.42. The molecule has 0 bridgehead atoms. The van der Waals surface area contributed by atoms with E-state index in [1.807, 2.05) is 16.4 Å². The number of nitrogens with zero attached hydrogens (tertiary/aromatic N) is 4. The van der Waals surface area contributed by atoms with Gasteiger partial charge in [-0.15, -0.1) is 11.3 Å². The molecule has 32 heavy (non-hydrogen) atoms. The Bertz CT molecular complexity index is 1230. The van der Waals surface area contributed by atoms with Crippen LogP contribution in [0.4, 0.5) is 5.69 Å². The molecule has 1 fully saturated rings. The summed E-state index contributed by atoms with van der Waals surface area (Å²) in [6, 6.07) is 8.80. The highest BCUT2D eigenvalue weighted by molar-refractivity contribution is 7.20. The number of aryl methyl sites for hydroxylation is 3. The monoisotopic (exact) mass is 450 g/mol. The van der Waals surface area contributed by atoms with E-state index in [9.17, 15) is 9.59 Å². The van der Waals surface area contributed by atoms with Crippen LogP contribution >= 0.6 is 11.3 Å². The van der Waals surface area contributed by atoms with Crippen LogP contribution in [0.3, 0.4) is 0 Å². The predicted molar refractivity (Wildman–Crippen MR) is 130 cm³/mol. The Hall–Kier alpha value is -2.67. The van der Waals surface area contributed by atoms with Crippen LogP contribution in [-0.4, -0.2) is 46.0 Å². The van der Waals surface area contributed by atoms with E-state index >= 15 is 0 Å². The molecule has 0 saturated carbocycles. The lowest BCUT2D eigenvalue weighted by molar-refractivity contribution is 0.0730. The van der Waals surface area contributed by atoms with Crippen LogP contribution in [0.1, 0.15) is 52.8 Å². The molecule has 2 aliphatic heterocycles. The van der Waals surface area contributed by atoms with E-state index in [-0.39, 0.29) is 17.5 Å². The fraction of sp³-hybridized carbons (Fsp3) is 0.480. The van der Waals surface area contributed by atoms with Gasteiger partial charge >= 0.3 is 0 Å². The molecule has 2 aliphatic rings. The standard InChI is InChI=1S/C25H30N4O2S/c1-16-8-10-19(11-9-16)28-14-13-27(15-17(28)2)25(31)22-18(3)21-23(32-22)26-20-7-5-4-6-12-29(20)24(21)30/h8-11,17H,4-7,12-15H2,1-3H3/t17-/m1/s1. The predicted octanol–water partition coefficient (Wildman–Crippen LogP) is 4.15. The molecular formula is C25H30N4O2S. The minimum absolute atomic E-state index is 0.0252. The van der Waals surface area contributed by atoms with Crippen LogP contribution in [0.5, 0.6) is 0 Å². The molecule has 6 nitrogen and oxygen atoms in total. The van der Waals surface area contributed by atoms with Gasteiger partial charge in [-0.2, -0.15) is 0 Å². The quantitative estimate of drug-likeness (QED) is 0.589. The van der Waals surface area contributed by atoms with Gasteiger partial charge in [0.15, 0.2) is 0 Å². The number of thiophene rings is 1. The molecule has 0 unspecified atom stereocenters. The van der Waals surface area contributed by atoms with E-state index in [1.54, 1.807) is 0 Å². The molecule has 1 atom stereocenters. The van der Waals surface area contributed by atoms with Crippen LogP contribution in [0, 0.1) is 13.8 Å². The van der Waals surface area contributed by atoms with Gasteiger partial charge in [-0.3, -0.25) is 14.2 Å². The van der Waals surface area contributed by atoms with Crippen molar-refractivity contribution in [3.05, 3.63) is 56.4 Å². The number of hydrogen-bond donors (Lipinski definition) is 0. The van der Waals surface area contributed by atoms with Gasteiger partial charge in [0, 0.05) is 44.3 Å². The number of rotatable bonds is 2. The second-order valence-electron chi connectivity index (χ2n) is 9.16. The van der Waals surface area contributed by atoms with E-state index in [0.717, 1.165) is 55.0 Å². The van der Waals surface area contributed by atoms with Crippen LogP contribution in [0.2, 0.25) is 0 Å². The Labute approximate surface area is 192 Å². The molecule has 0 N–H and O–H groups in total. The number of anilines is 1. The summed E-state index contributed by atoms with van der Waals surface area (Å²) in [4.78, 5) is 37.2. The summed E-state index contributed by atoms with van der Waals surface area (Å²) in [6.07, 6.45) is 4.05. The van der Waals surface area contributed by atoms with Gasteiger partial charge in [-0.05, 0) is 51.3 Å². The van der Waals surface area contributed by atoms with Crippen molar-refractivity contribution in [2.45, 2.75) is 59.0 Å². The van der Waals surface area contributed by atoms with Crippen molar-refractivity contribution in [1.82, 2.24) is 14.5 Å². The lowest BCUT2D eigenvalue weighted by Crippen LogP contribution is -2.53. The maximum Gasteiger partial charge on any atom is 0.264 e. The normalized spacial score (nSPS) is 19.2. The Morgan fingerprint density at radius 2 is 1.84 bits per heavy atom. The molecule has 1 amide bonds. The summed E-state index contributed by atoms with van der Waals surface area (Å²) in [5, 5.41) is 0.635. The summed E-state index contributed by atoms with van der Waals surface area (Å²) in [5.41, 5.74) is 3.27. The van der Waals surface area contributed by atoms with Gasteiger partial charge in [0.25, 0.3) is 11.5 Å². The highest BCUT2D eigenvalue weighted by atomic mass is 32.1. The first-order chi connectivity index (χ1) is 15.4. The maximum atomic E-state index is 13.5. The average Bonchev–Trinajstić information content (AvgIpc) is 2.95. The van der Waals surface area contributed by atoms with Crippen molar-refractivity contribution >= 4 is 33.1 Å². The third-order valence-electron chi connectivity index (χ3n) is 6.89. The van der Waals surface area contributed by atoms with E-state index in [4.69, 9.17) is 4.98 Å². The van der Waals surface area contributed by atoms with Gasteiger partial charge < -0.3 is 9.80 Å². The first-order valence-electron chi connectivity index (χ1n) is 11.6. The summed E-state index contributed by atoms with van der Waals surface area (Å²) < 4.78 is 1.84. The van der Waals surface area contributed by atoms with Gasteiger partial charge in [-0.1, -0.05) is 24.1 Å². The van der Waals surface area contributed by atoms with Gasteiger partial charge in [0.05, 0.1) is 10.3 Å². The topological polar surface area (TPSA) is 58.4 Å². The van der Waals surface area contributed by atoms with E-state index < -0.39 is 0 Å². The van der Waals surface area contributed by atoms with E-state index in [1.165, 1.54) is 22.6 Å². The number of hydrogen-bond acceptors (Lipinski definition) is 5. The van der Waals surface area contributed by atoms with Crippen molar-refractivity contribution in [1.29, 1.82) is 0 Å². The third-order valence-corrected chi connectivity index (χ3v) is 8.06. The minimum atomic E-state index is 0.0252. The molecule has 5 rings (SSSR count). The maximum absolute atomic E-state index is 13.5. The molecule has 3 aromatic rings. The molecular weight excluding hydrogens is 420 g/mol. The summed E-state index contributed by atoms with van der Waals surface area (Å²) in [5.74, 6) is 0.904. The number of piperazine rings is 1. The highest BCUT2D eigenvalue weighted by Gasteiger charge is 2.30. The lowest BCUT2D eigenvalue weighted by atomic mass is 10.1. The first kappa shape index (κ1) is 21.2. The Kier molecular flexibility index (Phi) is 5.53. The third kappa shape index (κ3) is 3.62. The van der Waals surface area contributed by atoms with Gasteiger partial charge in [-0.25, -0.2) is 4.98 Å². The summed E-state index contributed by atoms with van der Waals surface area (Å²) in [6.45, 7) is 9.04. The fourth-order valence-corrected chi connectivity index (χ4v) is 6.18. The Morgan fingerprint density at radius 3 is 2.59 bits per heavy atom. The first-order valence-corrected chi connectivity index (χ1v) is 12.4. The zero-order chi connectivity index (χ0) is 22.4. The average molecular weight is 451 g/mol. The lowest BCUT2D eigenvalue weighted by Gasteiger charge is -2.41. The zero-order valence-corrected chi connectivity index (χ0v) is 19.9. The zero-order valence-electron chi connectivity index (χ0n) is 19.1.